The Morgan fingerprint density at radius 2 is 2.08 bits per heavy atom. The smallest absolute Gasteiger partial charge is 0.142 e. The summed E-state index contributed by atoms with van der Waals surface area (Å²) < 4.78 is 4.62. The van der Waals surface area contributed by atoms with Gasteiger partial charge in [0.2, 0.25) is 0 Å². The lowest BCUT2D eigenvalue weighted by atomic mass is 10.1. The molecule has 0 spiro atoms. The zero-order chi connectivity index (χ0) is 9.56. The molecule has 0 heterocycles. The van der Waals surface area contributed by atoms with Crippen LogP contribution in [0.2, 0.25) is 0 Å². The van der Waals surface area contributed by atoms with Crippen molar-refractivity contribution < 1.29 is 19.4 Å². The van der Waals surface area contributed by atoms with Crippen molar-refractivity contribution in [3.8, 4) is 0 Å². The minimum atomic E-state index is -0.790. The molecule has 0 radical (unpaired) electrons. The molecule has 70 valence electrons. The first-order valence-corrected chi connectivity index (χ1v) is 3.74. The standard InChI is InChI=1S/C8H14O4/c1-6(9)3-7(10)4-8(11)5-12-2/h8,11H,3-5H2,1-2H3. The normalized spacial score (nSPS) is 12.6. The number of hydrogen-bond donors (Lipinski definition) is 1. The zero-order valence-corrected chi connectivity index (χ0v) is 7.37. The minimum Gasteiger partial charge on any atom is -0.390 e. The molecule has 0 aromatic heterocycles. The van der Waals surface area contributed by atoms with Crippen molar-refractivity contribution in [2.45, 2.75) is 25.9 Å². The van der Waals surface area contributed by atoms with E-state index in [4.69, 9.17) is 5.11 Å². The molecule has 12 heavy (non-hydrogen) atoms. The number of carbonyl (C=O) groups excluding carboxylic acids is 2. The zero-order valence-electron chi connectivity index (χ0n) is 7.37. The van der Waals surface area contributed by atoms with Crippen molar-refractivity contribution in [2.75, 3.05) is 13.7 Å². The summed E-state index contributed by atoms with van der Waals surface area (Å²) >= 11 is 0. The molecule has 1 N–H and O–H groups in total. The highest BCUT2D eigenvalue weighted by molar-refractivity contribution is 5.98. The molecule has 0 fully saturated rings. The van der Waals surface area contributed by atoms with Gasteiger partial charge in [-0.2, -0.15) is 0 Å². The predicted octanol–water partition coefficient (Wildman–Crippen LogP) is -0.0680. The lowest BCUT2D eigenvalue weighted by Crippen LogP contribution is -2.19. The van der Waals surface area contributed by atoms with Crippen LogP contribution in [0.4, 0.5) is 0 Å². The molecule has 1 atom stereocenters. The molecular formula is C8H14O4. The summed E-state index contributed by atoms with van der Waals surface area (Å²) in [4.78, 5) is 21.4. The van der Waals surface area contributed by atoms with Crippen LogP contribution < -0.4 is 0 Å². The Balaban J connectivity index is 3.61. The third-order valence-corrected chi connectivity index (χ3v) is 1.27. The second-order valence-electron chi connectivity index (χ2n) is 2.73. The number of rotatable bonds is 6. The van der Waals surface area contributed by atoms with Crippen LogP contribution in [0.1, 0.15) is 19.8 Å². The average molecular weight is 174 g/mol. The largest absolute Gasteiger partial charge is 0.390 e. The fraction of sp³-hybridized carbons (Fsp3) is 0.750. The van der Waals surface area contributed by atoms with Crippen LogP contribution in [0.5, 0.6) is 0 Å². The summed E-state index contributed by atoms with van der Waals surface area (Å²) in [6, 6.07) is 0. The van der Waals surface area contributed by atoms with Gasteiger partial charge in [-0.1, -0.05) is 0 Å². The summed E-state index contributed by atoms with van der Waals surface area (Å²) in [6.45, 7) is 1.48. The van der Waals surface area contributed by atoms with E-state index < -0.39 is 6.10 Å². The summed E-state index contributed by atoms with van der Waals surface area (Å²) in [5, 5.41) is 9.08. The molecule has 0 aromatic rings. The highest BCUT2D eigenvalue weighted by atomic mass is 16.5. The summed E-state index contributed by atoms with van der Waals surface area (Å²) in [6.07, 6.45) is -0.893. The first-order valence-electron chi connectivity index (χ1n) is 3.74. The number of aliphatic hydroxyl groups is 1. The van der Waals surface area contributed by atoms with Gasteiger partial charge in [-0.3, -0.25) is 9.59 Å². The molecule has 0 bridgehead atoms. The van der Waals surface area contributed by atoms with Gasteiger partial charge < -0.3 is 9.84 Å². The Bertz CT molecular complexity index is 164. The van der Waals surface area contributed by atoms with Crippen LogP contribution in [0.25, 0.3) is 0 Å². The lowest BCUT2D eigenvalue weighted by Gasteiger charge is -2.06. The van der Waals surface area contributed by atoms with Gasteiger partial charge in [0, 0.05) is 13.5 Å². The molecule has 4 heteroatoms. The number of hydrogen-bond acceptors (Lipinski definition) is 4. The average Bonchev–Trinajstić information content (AvgIpc) is 1.84. The second-order valence-corrected chi connectivity index (χ2v) is 2.73. The number of ketones is 2. The van der Waals surface area contributed by atoms with Crippen molar-refractivity contribution in [1.29, 1.82) is 0 Å². The fourth-order valence-electron chi connectivity index (χ4n) is 0.864. The number of Topliss-reactive ketones (excluding diaryl/α,β-unsaturated/α-hetero) is 2. The van der Waals surface area contributed by atoms with Crippen LogP contribution in [0, 0.1) is 0 Å². The number of carbonyl (C=O) groups is 2. The van der Waals surface area contributed by atoms with E-state index >= 15 is 0 Å². The topological polar surface area (TPSA) is 63.6 Å². The molecule has 0 aliphatic heterocycles. The monoisotopic (exact) mass is 174 g/mol. The van der Waals surface area contributed by atoms with E-state index in [-0.39, 0.29) is 31.0 Å². The first kappa shape index (κ1) is 11.3. The number of methoxy groups -OCH3 is 1. The molecule has 0 saturated heterocycles. The van der Waals surface area contributed by atoms with Crippen LogP contribution in [0.15, 0.2) is 0 Å². The van der Waals surface area contributed by atoms with Gasteiger partial charge >= 0.3 is 0 Å². The number of aliphatic hydroxyl groups excluding tert-OH is 1. The van der Waals surface area contributed by atoms with Crippen LogP contribution in [-0.4, -0.2) is 36.5 Å². The highest BCUT2D eigenvalue weighted by Gasteiger charge is 2.11. The van der Waals surface area contributed by atoms with Crippen molar-refractivity contribution in [1.82, 2.24) is 0 Å². The summed E-state index contributed by atoms with van der Waals surface area (Å²) in [5.41, 5.74) is 0. The first-order chi connectivity index (χ1) is 5.56. The molecule has 0 saturated carbocycles. The third-order valence-electron chi connectivity index (χ3n) is 1.27. The van der Waals surface area contributed by atoms with Gasteiger partial charge in [0.25, 0.3) is 0 Å². The maximum absolute atomic E-state index is 10.9. The molecule has 0 aliphatic carbocycles. The van der Waals surface area contributed by atoms with Crippen LogP contribution >= 0.6 is 0 Å². The SMILES string of the molecule is COCC(O)CC(=O)CC(C)=O. The van der Waals surface area contributed by atoms with Crippen molar-refractivity contribution in [2.24, 2.45) is 0 Å². The molecular weight excluding hydrogens is 160 g/mol. The molecule has 4 nitrogen and oxygen atoms in total. The highest BCUT2D eigenvalue weighted by Crippen LogP contribution is 1.97. The summed E-state index contributed by atoms with van der Waals surface area (Å²) in [5.74, 6) is -0.420. The van der Waals surface area contributed by atoms with Gasteiger partial charge in [0.05, 0.1) is 19.1 Å². The Morgan fingerprint density at radius 1 is 1.50 bits per heavy atom. The van der Waals surface area contributed by atoms with Crippen molar-refractivity contribution in [3.05, 3.63) is 0 Å². The quantitative estimate of drug-likeness (QED) is 0.572. The van der Waals surface area contributed by atoms with Gasteiger partial charge in [0.1, 0.15) is 11.6 Å². The molecule has 0 aromatic carbocycles. The number of ether oxygens (including phenoxy) is 1. The van der Waals surface area contributed by atoms with E-state index in [1.165, 1.54) is 14.0 Å². The summed E-state index contributed by atoms with van der Waals surface area (Å²) in [7, 11) is 1.44. The van der Waals surface area contributed by atoms with E-state index in [0.29, 0.717) is 0 Å². The van der Waals surface area contributed by atoms with Crippen molar-refractivity contribution >= 4 is 11.6 Å². The van der Waals surface area contributed by atoms with E-state index in [0.717, 1.165) is 0 Å². The van der Waals surface area contributed by atoms with Crippen LogP contribution in [0.3, 0.4) is 0 Å². The molecule has 0 aliphatic rings. The molecule has 0 amide bonds. The van der Waals surface area contributed by atoms with Gasteiger partial charge in [-0.25, -0.2) is 0 Å². The minimum absolute atomic E-state index is 0.00653. The lowest BCUT2D eigenvalue weighted by molar-refractivity contribution is -0.127. The van der Waals surface area contributed by atoms with E-state index in [9.17, 15) is 9.59 Å². The fourth-order valence-corrected chi connectivity index (χ4v) is 0.864. The third kappa shape index (κ3) is 6.00. The Labute approximate surface area is 71.5 Å². The molecule has 0 rings (SSSR count). The Hall–Kier alpha value is -0.740. The maximum Gasteiger partial charge on any atom is 0.142 e. The predicted molar refractivity (Wildman–Crippen MR) is 42.8 cm³/mol. The van der Waals surface area contributed by atoms with Crippen molar-refractivity contribution in [3.63, 3.8) is 0 Å². The Kier molecular flexibility index (Phi) is 5.49. The van der Waals surface area contributed by atoms with E-state index in [2.05, 4.69) is 4.74 Å². The second kappa shape index (κ2) is 5.85. The Morgan fingerprint density at radius 3 is 2.50 bits per heavy atom. The van der Waals surface area contributed by atoms with Gasteiger partial charge in [0.15, 0.2) is 0 Å². The maximum atomic E-state index is 10.9. The van der Waals surface area contributed by atoms with E-state index in [1.54, 1.807) is 0 Å². The van der Waals surface area contributed by atoms with Gasteiger partial charge in [-0.15, -0.1) is 0 Å². The van der Waals surface area contributed by atoms with E-state index in [1.807, 2.05) is 0 Å². The van der Waals surface area contributed by atoms with Gasteiger partial charge in [-0.05, 0) is 6.92 Å². The molecule has 1 unspecified atom stereocenters. The van der Waals surface area contributed by atoms with Crippen LogP contribution in [-0.2, 0) is 14.3 Å².